The number of hydroxylamine groups is 4. The molecule has 0 bridgehead atoms. The van der Waals surface area contributed by atoms with Gasteiger partial charge in [-0.3, -0.25) is 19.2 Å². The molecule has 2 fully saturated rings. The molecule has 2 unspecified atom stereocenters. The van der Waals surface area contributed by atoms with Crippen LogP contribution in [-0.4, -0.2) is 56.2 Å². The van der Waals surface area contributed by atoms with E-state index in [9.17, 15) is 28.8 Å². The minimum atomic E-state index is -0.540. The Hall–Kier alpha value is -2.08. The highest BCUT2D eigenvalue weighted by Crippen LogP contribution is 2.40. The van der Waals surface area contributed by atoms with Crippen molar-refractivity contribution in [3.05, 3.63) is 0 Å². The zero-order valence-electron chi connectivity index (χ0n) is 25.3. The SMILES string of the molecule is CCCCCC(CCCCC(=O)ON1C(=O)CCC1=O)SSC(CCCCC)CCCCC(=O)ON1C(=O)CCC1=O. The van der Waals surface area contributed by atoms with Crippen LogP contribution >= 0.6 is 21.6 Å². The molecule has 12 heteroatoms. The second-order valence-corrected chi connectivity index (χ2v) is 13.9. The lowest BCUT2D eigenvalue weighted by Gasteiger charge is -2.21. The normalized spacial score (nSPS) is 16.8. The molecule has 42 heavy (non-hydrogen) atoms. The van der Waals surface area contributed by atoms with Crippen LogP contribution in [0, 0.1) is 0 Å². The zero-order valence-corrected chi connectivity index (χ0v) is 26.9. The summed E-state index contributed by atoms with van der Waals surface area (Å²) in [7, 11) is 3.88. The van der Waals surface area contributed by atoms with Crippen LogP contribution in [0.2, 0.25) is 0 Å². The zero-order chi connectivity index (χ0) is 30.7. The van der Waals surface area contributed by atoms with Crippen molar-refractivity contribution in [3.8, 4) is 0 Å². The van der Waals surface area contributed by atoms with Crippen molar-refractivity contribution in [2.45, 2.75) is 153 Å². The quantitative estimate of drug-likeness (QED) is 0.0693. The number of carbonyl (C=O) groups excluding carboxylic acids is 6. The first-order chi connectivity index (χ1) is 20.2. The summed E-state index contributed by atoms with van der Waals surface area (Å²) in [5.41, 5.74) is 0. The topological polar surface area (TPSA) is 127 Å². The van der Waals surface area contributed by atoms with Crippen LogP contribution in [0.4, 0.5) is 0 Å². The number of nitrogens with zero attached hydrogens (tertiary/aromatic N) is 2. The molecule has 0 aliphatic carbocycles. The van der Waals surface area contributed by atoms with Crippen molar-refractivity contribution in [2.24, 2.45) is 0 Å². The fourth-order valence-corrected chi connectivity index (χ4v) is 8.24. The fourth-order valence-electron chi connectivity index (χ4n) is 4.78. The van der Waals surface area contributed by atoms with Crippen molar-refractivity contribution >= 4 is 57.2 Å². The molecule has 2 aliphatic rings. The van der Waals surface area contributed by atoms with Gasteiger partial charge in [0, 0.05) is 49.0 Å². The van der Waals surface area contributed by atoms with Gasteiger partial charge in [0.25, 0.3) is 23.6 Å². The van der Waals surface area contributed by atoms with Gasteiger partial charge >= 0.3 is 11.9 Å². The van der Waals surface area contributed by atoms with E-state index < -0.39 is 35.6 Å². The molecule has 0 aromatic carbocycles. The molecule has 2 heterocycles. The van der Waals surface area contributed by atoms with Crippen LogP contribution in [0.5, 0.6) is 0 Å². The van der Waals surface area contributed by atoms with Gasteiger partial charge in [0.15, 0.2) is 0 Å². The summed E-state index contributed by atoms with van der Waals surface area (Å²) in [5, 5.41) is 2.16. The highest BCUT2D eigenvalue weighted by Gasteiger charge is 2.33. The lowest BCUT2D eigenvalue weighted by atomic mass is 10.1. The summed E-state index contributed by atoms with van der Waals surface area (Å²) in [5.74, 6) is -2.91. The van der Waals surface area contributed by atoms with Gasteiger partial charge in [0.05, 0.1) is 0 Å². The van der Waals surface area contributed by atoms with Crippen LogP contribution < -0.4 is 0 Å². The van der Waals surface area contributed by atoms with E-state index in [1.54, 1.807) is 0 Å². The molecule has 238 valence electrons. The number of hydrogen-bond donors (Lipinski definition) is 0. The van der Waals surface area contributed by atoms with Crippen molar-refractivity contribution in [1.82, 2.24) is 10.1 Å². The Labute approximate surface area is 258 Å². The maximum Gasteiger partial charge on any atom is 0.333 e. The van der Waals surface area contributed by atoms with Gasteiger partial charge in [-0.15, -0.1) is 10.1 Å². The van der Waals surface area contributed by atoms with Crippen molar-refractivity contribution in [3.63, 3.8) is 0 Å². The first-order valence-electron chi connectivity index (χ1n) is 15.7. The maximum absolute atomic E-state index is 12.1. The molecule has 2 atom stereocenters. The molecule has 2 saturated heterocycles. The number of carbonyl (C=O) groups is 6. The Morgan fingerprint density at radius 1 is 0.571 bits per heavy atom. The molecule has 10 nitrogen and oxygen atoms in total. The maximum atomic E-state index is 12.1. The summed E-state index contributed by atoms with van der Waals surface area (Å²) in [6, 6.07) is 0. The molecule has 0 N–H and O–H groups in total. The molecule has 2 aliphatic heterocycles. The number of unbranched alkanes of at least 4 members (excludes halogenated alkanes) is 6. The van der Waals surface area contributed by atoms with Crippen molar-refractivity contribution in [2.75, 3.05) is 0 Å². The fraction of sp³-hybridized carbons (Fsp3) is 0.800. The number of amides is 4. The molecular weight excluding hydrogens is 580 g/mol. The molecular formula is C30H48N2O8S2. The van der Waals surface area contributed by atoms with Gasteiger partial charge < -0.3 is 9.68 Å². The molecule has 2 rings (SSSR count). The van der Waals surface area contributed by atoms with Crippen LogP contribution in [0.1, 0.15) is 142 Å². The minimum Gasteiger partial charge on any atom is -0.330 e. The van der Waals surface area contributed by atoms with Gasteiger partial charge in [-0.1, -0.05) is 86.8 Å². The Kier molecular flexibility index (Phi) is 17.9. The Bertz CT molecular complexity index is 812. The smallest absolute Gasteiger partial charge is 0.330 e. The highest BCUT2D eigenvalue weighted by molar-refractivity contribution is 8.77. The van der Waals surface area contributed by atoms with E-state index in [2.05, 4.69) is 13.8 Å². The van der Waals surface area contributed by atoms with Gasteiger partial charge in [0.1, 0.15) is 0 Å². The summed E-state index contributed by atoms with van der Waals surface area (Å²) in [4.78, 5) is 80.8. The summed E-state index contributed by atoms with van der Waals surface area (Å²) in [6.45, 7) is 4.39. The van der Waals surface area contributed by atoms with Gasteiger partial charge in [-0.05, 0) is 38.5 Å². The van der Waals surface area contributed by atoms with Crippen LogP contribution in [0.25, 0.3) is 0 Å². The van der Waals surface area contributed by atoms with Crippen molar-refractivity contribution < 1.29 is 38.4 Å². The van der Waals surface area contributed by atoms with Gasteiger partial charge in [-0.25, -0.2) is 9.59 Å². The molecule has 0 aromatic rings. The van der Waals surface area contributed by atoms with Crippen LogP contribution in [-0.2, 0) is 38.4 Å². The predicted molar refractivity (Wildman–Crippen MR) is 162 cm³/mol. The van der Waals surface area contributed by atoms with E-state index in [4.69, 9.17) is 9.68 Å². The lowest BCUT2D eigenvalue weighted by molar-refractivity contribution is -0.197. The van der Waals surface area contributed by atoms with E-state index in [1.165, 1.54) is 25.7 Å². The average Bonchev–Trinajstić information content (AvgIpc) is 3.45. The van der Waals surface area contributed by atoms with Gasteiger partial charge in [-0.2, -0.15) is 0 Å². The minimum absolute atomic E-state index is 0.0927. The Balaban J connectivity index is 1.74. The Morgan fingerprint density at radius 2 is 0.881 bits per heavy atom. The van der Waals surface area contributed by atoms with Crippen LogP contribution in [0.15, 0.2) is 0 Å². The summed E-state index contributed by atoms with van der Waals surface area (Å²) < 4.78 is 0. The Morgan fingerprint density at radius 3 is 1.19 bits per heavy atom. The average molecular weight is 629 g/mol. The van der Waals surface area contributed by atoms with E-state index in [0.717, 1.165) is 51.4 Å². The second-order valence-electron chi connectivity index (χ2n) is 11.0. The largest absolute Gasteiger partial charge is 0.333 e. The molecule has 0 radical (unpaired) electrons. The lowest BCUT2D eigenvalue weighted by Crippen LogP contribution is -2.31. The predicted octanol–water partition coefficient (Wildman–Crippen LogP) is 6.60. The molecule has 0 saturated carbocycles. The third-order valence-electron chi connectivity index (χ3n) is 7.30. The third kappa shape index (κ3) is 13.9. The van der Waals surface area contributed by atoms with E-state index in [-0.39, 0.29) is 38.5 Å². The number of rotatable bonds is 23. The first-order valence-corrected chi connectivity index (χ1v) is 18.0. The molecule has 0 aromatic heterocycles. The highest BCUT2D eigenvalue weighted by atomic mass is 33.1. The standard InChI is InChI=1S/C30H48N2O8S2/c1-3-5-7-13-23(15-9-11-17-29(37)39-31-25(33)19-20-26(31)34)41-42-24(14-8-6-4-2)16-10-12-18-30(38)40-32-27(35)21-22-28(32)36/h23-24H,3-22H2,1-2H3. The number of hydrogen-bond acceptors (Lipinski definition) is 10. The van der Waals surface area contributed by atoms with Crippen molar-refractivity contribution in [1.29, 1.82) is 0 Å². The summed E-state index contributed by atoms with van der Waals surface area (Å²) in [6.07, 6.45) is 15.0. The number of imide groups is 2. The monoisotopic (exact) mass is 628 g/mol. The van der Waals surface area contributed by atoms with E-state index >= 15 is 0 Å². The molecule has 4 amide bonds. The summed E-state index contributed by atoms with van der Waals surface area (Å²) >= 11 is 0. The van der Waals surface area contributed by atoms with E-state index in [0.29, 0.717) is 33.5 Å². The molecule has 0 spiro atoms. The van der Waals surface area contributed by atoms with E-state index in [1.807, 2.05) is 21.6 Å². The second kappa shape index (κ2) is 20.8. The third-order valence-corrected chi connectivity index (χ3v) is 10.9. The first kappa shape index (κ1) is 36.1. The van der Waals surface area contributed by atoms with Gasteiger partial charge in [0.2, 0.25) is 0 Å². The van der Waals surface area contributed by atoms with Crippen LogP contribution in [0.3, 0.4) is 0 Å².